The lowest BCUT2D eigenvalue weighted by Crippen LogP contribution is -2.40. The van der Waals surface area contributed by atoms with E-state index in [1.54, 1.807) is 19.6 Å². The van der Waals surface area contributed by atoms with Gasteiger partial charge in [-0.1, -0.05) is 6.92 Å². The van der Waals surface area contributed by atoms with Crippen LogP contribution in [0, 0.1) is 46.5 Å². The van der Waals surface area contributed by atoms with Crippen LogP contribution >= 0.6 is 0 Å². The molecule has 8 aromatic rings. The predicted molar refractivity (Wildman–Crippen MR) is 406 cm³/mol. The number of H-pyrrole nitrogens is 4. The van der Waals surface area contributed by atoms with Gasteiger partial charge >= 0.3 is 24.7 Å². The van der Waals surface area contributed by atoms with Crippen molar-refractivity contribution in [3.63, 3.8) is 0 Å². The highest BCUT2D eigenvalue weighted by molar-refractivity contribution is 5.96. The highest BCUT2D eigenvalue weighted by Crippen LogP contribution is 2.47. The Kier molecular flexibility index (Phi) is 27.1. The number of alkyl halides is 12. The van der Waals surface area contributed by atoms with Gasteiger partial charge in [0.05, 0.1) is 45.9 Å². The predicted octanol–water partition coefficient (Wildman–Crippen LogP) is 15.1. The molecule has 125 heavy (non-hydrogen) atoms. The van der Waals surface area contributed by atoms with Gasteiger partial charge in [0, 0.05) is 171 Å². The van der Waals surface area contributed by atoms with E-state index < -0.39 is 128 Å². The number of hydrogen-bond donors (Lipinski definition) is 4. The molecule has 4 saturated heterocycles. The van der Waals surface area contributed by atoms with Gasteiger partial charge in [-0.3, -0.25) is 54.1 Å². The Labute approximate surface area is 701 Å². The third-order valence-corrected chi connectivity index (χ3v) is 24.5. The molecule has 4 aromatic heterocycles. The number of carbonyl (C=O) groups is 6. The summed E-state index contributed by atoms with van der Waals surface area (Å²) >= 11 is 0. The molecule has 0 radical (unpaired) electrons. The van der Waals surface area contributed by atoms with Gasteiger partial charge in [0.25, 0.3) is 23.6 Å². The second-order valence-corrected chi connectivity index (χ2v) is 32.3. The molecule has 42 heteroatoms. The van der Waals surface area contributed by atoms with Gasteiger partial charge in [-0.15, -0.1) is 0 Å². The lowest BCUT2D eigenvalue weighted by molar-refractivity contribution is -0.141. The third-order valence-electron chi connectivity index (χ3n) is 24.5. The molecular formula is C83H86F20N16O6. The van der Waals surface area contributed by atoms with Crippen molar-refractivity contribution in [3.05, 3.63) is 207 Å². The fourth-order valence-electron chi connectivity index (χ4n) is 18.0. The van der Waals surface area contributed by atoms with Gasteiger partial charge in [0.2, 0.25) is 11.8 Å². The molecule has 16 rings (SSSR count). The van der Waals surface area contributed by atoms with Crippen molar-refractivity contribution >= 4 is 35.4 Å². The molecule has 674 valence electrons. The molecule has 4 fully saturated rings. The Morgan fingerprint density at radius 1 is 0.328 bits per heavy atom. The summed E-state index contributed by atoms with van der Waals surface area (Å²) in [5, 5.41) is 28.1. The van der Waals surface area contributed by atoms with Crippen molar-refractivity contribution in [2.45, 2.75) is 172 Å². The Bertz CT molecular complexity index is 5350. The number of halogens is 20. The van der Waals surface area contributed by atoms with Gasteiger partial charge in [0.15, 0.2) is 22.8 Å². The first-order valence-corrected chi connectivity index (χ1v) is 40.5. The second kappa shape index (κ2) is 36.9. The average molecular weight is 1780 g/mol. The standard InChI is InChI=1S/2C21H21F5N4O2.C21H23F5N4O.C20H21F5N4O/c1-11(31)30-7-4-17-15(10-30)19(28-27-17)20(32)29-5-2-12(3-6-29)14-8-13(22)9-16(23)18(14)21(24,25)26;1-11(31)30-7-4-14-17(10-30)27-28-19(14)20(32)29-5-2-12(3-6-29)15-8-13(22)9-16(23)18(15)21(24,25)26;1-2-29-6-5-14-17(11-29)27-28-19(14)20(31)30-7-3-12(4-8-30)15-9-13(22)10-16(23)18(15)21(24,25)26;1-28-5-4-13-16(10-28)26-27-18(13)19(30)29-6-2-11(3-7-29)14-8-12(21)9-15(22)17(14)20(23,24)25/h2*8-9,12H,2-7,10H2,1H3,(H,27,28);9-10,12H,2-8,11H2,1H3,(H,27,28);8-9,11H,2-7,10H2,1H3,(H,26,27). The van der Waals surface area contributed by atoms with Crippen molar-refractivity contribution in [2.24, 2.45) is 0 Å². The number of likely N-dealkylation sites (N-methyl/N-ethyl adjacent to an activating group) is 2. The molecular weight excluding hydrogens is 1700 g/mol. The van der Waals surface area contributed by atoms with Crippen LogP contribution in [0.25, 0.3) is 0 Å². The molecule has 0 spiro atoms. The lowest BCUT2D eigenvalue weighted by Gasteiger charge is -2.33. The van der Waals surface area contributed by atoms with Crippen LogP contribution in [0.2, 0.25) is 0 Å². The fraction of sp³-hybridized carbons (Fsp3) is 0.494. The number of likely N-dealkylation sites (tertiary alicyclic amines) is 4. The van der Waals surface area contributed by atoms with Crippen LogP contribution in [-0.2, 0) is 86.2 Å². The van der Waals surface area contributed by atoms with E-state index in [0.29, 0.717) is 81.1 Å². The Balaban J connectivity index is 0.000000143. The lowest BCUT2D eigenvalue weighted by atomic mass is 9.85. The number of aromatic nitrogens is 8. The van der Waals surface area contributed by atoms with Crippen LogP contribution in [0.3, 0.4) is 0 Å². The SMILES string of the molecule is CC(=O)N1CCc2[nH]nc(C(=O)N3CCC(c4cc(F)cc(F)c4C(F)(F)F)CC3)c2C1.CC(=O)N1CCc2c(C(=O)N3CCC(c4cc(F)cc(F)c4C(F)(F)F)CC3)n[nH]c2C1.CCN1CCc2c(C(=O)N3CCC(c4cc(F)cc(F)c4C(F)(F)F)CC3)n[nH]c2C1.CN1CCc2c(C(=O)N3CCC(c4cc(F)cc(F)c4C(F)(F)F)CC3)n[nH]c2C1. The molecule has 0 saturated carbocycles. The third kappa shape index (κ3) is 20.2. The molecule has 8 aliphatic heterocycles. The van der Waals surface area contributed by atoms with E-state index in [1.807, 2.05) is 7.05 Å². The van der Waals surface area contributed by atoms with Crippen LogP contribution in [0.1, 0.15) is 227 Å². The summed E-state index contributed by atoms with van der Waals surface area (Å²) in [5.41, 5.74) is 0.258. The van der Waals surface area contributed by atoms with Crippen molar-refractivity contribution in [2.75, 3.05) is 92.1 Å². The zero-order valence-corrected chi connectivity index (χ0v) is 67.8. The Morgan fingerprint density at radius 3 is 0.896 bits per heavy atom. The Morgan fingerprint density at radius 2 is 0.592 bits per heavy atom. The minimum absolute atomic E-state index is 0.0767. The highest BCUT2D eigenvalue weighted by Gasteiger charge is 2.46. The van der Waals surface area contributed by atoms with E-state index in [2.05, 4.69) is 57.5 Å². The topological polar surface area (TPSA) is 243 Å². The number of benzene rings is 4. The number of nitrogens with zero attached hydrogens (tertiary/aromatic N) is 12. The zero-order valence-electron chi connectivity index (χ0n) is 67.8. The number of amides is 6. The molecule has 0 aliphatic carbocycles. The maximum Gasteiger partial charge on any atom is 0.419 e. The summed E-state index contributed by atoms with van der Waals surface area (Å²) in [6.45, 7) is 11.8. The number of carbonyl (C=O) groups excluding carboxylic acids is 6. The summed E-state index contributed by atoms with van der Waals surface area (Å²) in [5.74, 6) is -15.0. The minimum atomic E-state index is -4.95. The first-order chi connectivity index (χ1) is 58.9. The number of hydrogen-bond acceptors (Lipinski definition) is 12. The smallest absolute Gasteiger partial charge is 0.338 e. The van der Waals surface area contributed by atoms with Crippen molar-refractivity contribution in [1.29, 1.82) is 0 Å². The van der Waals surface area contributed by atoms with Gasteiger partial charge in [-0.25, -0.2) is 35.1 Å². The number of nitrogens with one attached hydrogen (secondary N) is 4. The van der Waals surface area contributed by atoms with Gasteiger partial charge in [-0.2, -0.15) is 73.1 Å². The molecule has 0 unspecified atom stereocenters. The highest BCUT2D eigenvalue weighted by atomic mass is 19.4. The van der Waals surface area contributed by atoms with Gasteiger partial charge < -0.3 is 34.3 Å². The fourth-order valence-corrected chi connectivity index (χ4v) is 18.0. The number of fused-ring (bicyclic) bond motifs is 4. The van der Waals surface area contributed by atoms with Crippen LogP contribution in [0.5, 0.6) is 0 Å². The van der Waals surface area contributed by atoms with E-state index in [1.165, 1.54) is 23.6 Å². The molecule has 8 aliphatic rings. The molecule has 12 heterocycles. The minimum Gasteiger partial charge on any atom is -0.338 e. The van der Waals surface area contributed by atoms with Gasteiger partial charge in [-0.05, 0) is 154 Å². The van der Waals surface area contributed by atoms with E-state index in [4.69, 9.17) is 0 Å². The molecule has 22 nitrogen and oxygen atoms in total. The van der Waals surface area contributed by atoms with Crippen molar-refractivity contribution in [1.82, 2.24) is 80.0 Å². The van der Waals surface area contributed by atoms with Crippen molar-refractivity contribution in [3.8, 4) is 0 Å². The van der Waals surface area contributed by atoms with E-state index >= 15 is 0 Å². The summed E-state index contributed by atoms with van der Waals surface area (Å²) in [4.78, 5) is 88.9. The summed E-state index contributed by atoms with van der Waals surface area (Å²) in [7, 11) is 1.97. The normalized spacial score (nSPS) is 17.9. The number of rotatable bonds is 9. The van der Waals surface area contributed by atoms with Gasteiger partial charge in [0.1, 0.15) is 46.5 Å². The van der Waals surface area contributed by atoms with E-state index in [9.17, 15) is 117 Å². The second-order valence-electron chi connectivity index (χ2n) is 32.3. The van der Waals surface area contributed by atoms with Crippen LogP contribution in [0.4, 0.5) is 87.8 Å². The maximum absolute atomic E-state index is 13.9. The summed E-state index contributed by atoms with van der Waals surface area (Å²) in [6.07, 6.45) is -16.0. The molecule has 0 atom stereocenters. The van der Waals surface area contributed by atoms with Crippen LogP contribution < -0.4 is 0 Å². The average Bonchev–Trinajstić information content (AvgIpc) is 1.01. The largest absolute Gasteiger partial charge is 0.419 e. The number of piperidine rings is 4. The quantitative estimate of drug-likeness (QED) is 0.0986. The van der Waals surface area contributed by atoms with Crippen LogP contribution in [0.15, 0.2) is 48.5 Å². The first-order valence-electron chi connectivity index (χ1n) is 40.5. The van der Waals surface area contributed by atoms with Crippen molar-refractivity contribution < 1.29 is 117 Å². The molecule has 6 amide bonds. The van der Waals surface area contributed by atoms with Crippen LogP contribution in [-0.4, -0.2) is 208 Å². The molecule has 0 bridgehead atoms. The first kappa shape index (κ1) is 91.7. The summed E-state index contributed by atoms with van der Waals surface area (Å²) in [6, 6.07) is 3.96. The molecule has 4 aromatic carbocycles. The zero-order chi connectivity index (χ0) is 90.4. The Hall–Kier alpha value is -10.9. The maximum atomic E-state index is 13.9. The van der Waals surface area contributed by atoms with E-state index in [-0.39, 0.29) is 192 Å². The molecule has 4 N–H and O–H groups in total. The summed E-state index contributed by atoms with van der Waals surface area (Å²) < 4.78 is 271. The monoisotopic (exact) mass is 1780 g/mol. The number of aromatic amines is 4. The van der Waals surface area contributed by atoms with E-state index in [0.717, 1.165) is 77.7 Å².